The molecule has 21 heavy (non-hydrogen) atoms. The van der Waals surface area contributed by atoms with Gasteiger partial charge < -0.3 is 20.2 Å². The number of hydrogen-bond acceptors (Lipinski definition) is 4. The second-order valence-electron chi connectivity index (χ2n) is 5.20. The summed E-state index contributed by atoms with van der Waals surface area (Å²) >= 11 is 1.82. The number of thioether (sulfide) groups is 1. The molecule has 1 aliphatic rings. The first-order valence-electron chi connectivity index (χ1n) is 6.93. The second kappa shape index (κ2) is 6.89. The van der Waals surface area contributed by atoms with Gasteiger partial charge in [-0.1, -0.05) is 12.8 Å². The van der Waals surface area contributed by atoms with Crippen LogP contribution in [0.4, 0.5) is 4.79 Å². The van der Waals surface area contributed by atoms with E-state index in [1.165, 1.54) is 18.9 Å². The lowest BCUT2D eigenvalue weighted by molar-refractivity contribution is 0.0660. The Labute approximate surface area is 127 Å². The molecule has 0 unspecified atom stereocenters. The number of carbonyl (C=O) groups excluding carboxylic acids is 1. The third kappa shape index (κ3) is 4.17. The van der Waals surface area contributed by atoms with Crippen LogP contribution < -0.4 is 10.6 Å². The quantitative estimate of drug-likeness (QED) is 0.750. The average molecular weight is 312 g/mol. The SMILES string of the molecule is CSC1(CNC(=O)NCc2ccc(C(=O)O)o2)CCCC1. The molecule has 0 spiro atoms. The summed E-state index contributed by atoms with van der Waals surface area (Å²) in [6.07, 6.45) is 6.79. The third-order valence-electron chi connectivity index (χ3n) is 3.81. The number of carbonyl (C=O) groups is 2. The van der Waals surface area contributed by atoms with Crippen LogP contribution >= 0.6 is 11.8 Å². The molecular formula is C14H20N2O4S. The molecule has 1 fully saturated rings. The van der Waals surface area contributed by atoms with Gasteiger partial charge in [0.1, 0.15) is 5.76 Å². The minimum Gasteiger partial charge on any atom is -0.475 e. The van der Waals surface area contributed by atoms with Gasteiger partial charge >= 0.3 is 12.0 Å². The molecule has 7 heteroatoms. The van der Waals surface area contributed by atoms with Crippen molar-refractivity contribution in [1.29, 1.82) is 0 Å². The first-order valence-corrected chi connectivity index (χ1v) is 8.16. The summed E-state index contributed by atoms with van der Waals surface area (Å²) in [5.74, 6) is -0.823. The van der Waals surface area contributed by atoms with Crippen LogP contribution in [0.3, 0.4) is 0 Å². The van der Waals surface area contributed by atoms with Crippen LogP contribution in [0.25, 0.3) is 0 Å². The number of aromatic carboxylic acids is 1. The molecule has 0 atom stereocenters. The van der Waals surface area contributed by atoms with Gasteiger partial charge in [0, 0.05) is 11.3 Å². The molecule has 116 valence electrons. The van der Waals surface area contributed by atoms with E-state index in [2.05, 4.69) is 16.9 Å². The number of carboxylic acids is 1. The standard InChI is InChI=1S/C14H20N2O4S/c1-21-14(6-2-3-7-14)9-16-13(19)15-8-10-4-5-11(20-10)12(17)18/h4-5H,2-3,6-9H2,1H3,(H,17,18)(H2,15,16,19). The molecule has 0 radical (unpaired) electrons. The highest BCUT2D eigenvalue weighted by Crippen LogP contribution is 2.39. The molecule has 2 amide bonds. The maximum Gasteiger partial charge on any atom is 0.371 e. The Bertz CT molecular complexity index is 509. The summed E-state index contributed by atoms with van der Waals surface area (Å²) in [7, 11) is 0. The number of hydrogen-bond donors (Lipinski definition) is 3. The predicted molar refractivity (Wildman–Crippen MR) is 80.6 cm³/mol. The van der Waals surface area contributed by atoms with Crippen molar-refractivity contribution in [2.24, 2.45) is 0 Å². The summed E-state index contributed by atoms with van der Waals surface area (Å²) in [5, 5.41) is 14.3. The molecule has 6 nitrogen and oxygen atoms in total. The highest BCUT2D eigenvalue weighted by Gasteiger charge is 2.33. The van der Waals surface area contributed by atoms with Crippen LogP contribution in [0.1, 0.15) is 42.0 Å². The Kier molecular flexibility index (Phi) is 5.17. The summed E-state index contributed by atoms with van der Waals surface area (Å²) in [4.78, 5) is 22.5. The van der Waals surface area contributed by atoms with Gasteiger partial charge in [0.2, 0.25) is 5.76 Å². The van der Waals surface area contributed by atoms with Crippen molar-refractivity contribution >= 4 is 23.8 Å². The van der Waals surface area contributed by atoms with Gasteiger partial charge in [-0.3, -0.25) is 0 Å². The molecule has 1 aromatic rings. The van der Waals surface area contributed by atoms with E-state index in [1.807, 2.05) is 11.8 Å². The van der Waals surface area contributed by atoms with Gasteiger partial charge in [0.25, 0.3) is 0 Å². The van der Waals surface area contributed by atoms with Crippen molar-refractivity contribution in [2.45, 2.75) is 37.0 Å². The number of rotatable bonds is 6. The smallest absolute Gasteiger partial charge is 0.371 e. The Morgan fingerprint density at radius 3 is 2.62 bits per heavy atom. The molecule has 3 N–H and O–H groups in total. The fraction of sp³-hybridized carbons (Fsp3) is 0.571. The van der Waals surface area contributed by atoms with Gasteiger partial charge in [0.15, 0.2) is 0 Å². The van der Waals surface area contributed by atoms with E-state index in [-0.39, 0.29) is 23.1 Å². The Morgan fingerprint density at radius 2 is 2.05 bits per heavy atom. The Balaban J connectivity index is 1.75. The van der Waals surface area contributed by atoms with Gasteiger partial charge in [0.05, 0.1) is 6.54 Å². The molecule has 1 saturated carbocycles. The van der Waals surface area contributed by atoms with Gasteiger partial charge in [-0.2, -0.15) is 11.8 Å². The number of urea groups is 1. The molecule has 1 aliphatic carbocycles. The monoisotopic (exact) mass is 312 g/mol. The highest BCUT2D eigenvalue weighted by atomic mass is 32.2. The fourth-order valence-corrected chi connectivity index (χ4v) is 3.44. The van der Waals surface area contributed by atoms with E-state index in [4.69, 9.17) is 9.52 Å². The van der Waals surface area contributed by atoms with Crippen molar-refractivity contribution in [3.05, 3.63) is 23.7 Å². The van der Waals surface area contributed by atoms with Crippen LogP contribution in [0.2, 0.25) is 0 Å². The largest absolute Gasteiger partial charge is 0.475 e. The van der Waals surface area contributed by atoms with E-state index < -0.39 is 5.97 Å². The minimum atomic E-state index is -1.12. The van der Waals surface area contributed by atoms with Crippen molar-refractivity contribution in [1.82, 2.24) is 10.6 Å². The lowest BCUT2D eigenvalue weighted by atomic mass is 10.1. The zero-order chi connectivity index (χ0) is 15.3. The van der Waals surface area contributed by atoms with Crippen LogP contribution in [0.15, 0.2) is 16.5 Å². The van der Waals surface area contributed by atoms with Crippen LogP contribution in [-0.4, -0.2) is 34.7 Å². The summed E-state index contributed by atoms with van der Waals surface area (Å²) in [6.45, 7) is 0.823. The normalized spacial score (nSPS) is 16.6. The summed E-state index contributed by atoms with van der Waals surface area (Å²) in [6, 6.07) is 2.66. The Hall–Kier alpha value is -1.63. The fourth-order valence-electron chi connectivity index (χ4n) is 2.53. The van der Waals surface area contributed by atoms with Crippen LogP contribution in [0, 0.1) is 0 Å². The van der Waals surface area contributed by atoms with Crippen molar-refractivity contribution < 1.29 is 19.1 Å². The first kappa shape index (κ1) is 15.8. The van der Waals surface area contributed by atoms with E-state index in [0.717, 1.165) is 12.8 Å². The number of furan rings is 1. The second-order valence-corrected chi connectivity index (χ2v) is 6.48. The molecule has 1 heterocycles. The first-order chi connectivity index (χ1) is 10.0. The van der Waals surface area contributed by atoms with Gasteiger partial charge in [-0.15, -0.1) is 0 Å². The van der Waals surface area contributed by atoms with Gasteiger partial charge in [-0.05, 0) is 31.2 Å². The highest BCUT2D eigenvalue weighted by molar-refractivity contribution is 8.00. The molecule has 0 aliphatic heterocycles. The zero-order valence-electron chi connectivity index (χ0n) is 12.0. The summed E-state index contributed by atoms with van der Waals surface area (Å²) < 4.78 is 5.23. The number of nitrogens with one attached hydrogen (secondary N) is 2. The number of carboxylic acid groups (broad SMARTS) is 1. The molecule has 0 bridgehead atoms. The topological polar surface area (TPSA) is 91.6 Å². The average Bonchev–Trinajstić information content (AvgIpc) is 3.12. The van der Waals surface area contributed by atoms with E-state index in [9.17, 15) is 9.59 Å². The predicted octanol–water partition coefficient (Wildman–Crippen LogP) is 2.45. The number of amides is 2. The Morgan fingerprint density at radius 1 is 1.33 bits per heavy atom. The maximum atomic E-state index is 11.8. The van der Waals surface area contributed by atoms with Gasteiger partial charge in [-0.25, -0.2) is 9.59 Å². The molecule has 0 aromatic carbocycles. The van der Waals surface area contributed by atoms with Crippen LogP contribution in [-0.2, 0) is 6.54 Å². The molecular weight excluding hydrogens is 292 g/mol. The minimum absolute atomic E-state index is 0.125. The van der Waals surface area contributed by atoms with E-state index in [1.54, 1.807) is 6.07 Å². The zero-order valence-corrected chi connectivity index (χ0v) is 12.8. The molecule has 1 aromatic heterocycles. The maximum absolute atomic E-state index is 11.8. The molecule has 0 saturated heterocycles. The lowest BCUT2D eigenvalue weighted by Crippen LogP contribution is -2.43. The lowest BCUT2D eigenvalue weighted by Gasteiger charge is -2.26. The van der Waals surface area contributed by atoms with E-state index >= 15 is 0 Å². The molecule has 2 rings (SSSR count). The van der Waals surface area contributed by atoms with Crippen molar-refractivity contribution in [3.63, 3.8) is 0 Å². The summed E-state index contributed by atoms with van der Waals surface area (Å²) in [5.41, 5.74) is 0. The van der Waals surface area contributed by atoms with Crippen molar-refractivity contribution in [2.75, 3.05) is 12.8 Å². The third-order valence-corrected chi connectivity index (χ3v) is 5.23. The van der Waals surface area contributed by atoms with Crippen LogP contribution in [0.5, 0.6) is 0 Å². The van der Waals surface area contributed by atoms with Crippen molar-refractivity contribution in [3.8, 4) is 0 Å². The van der Waals surface area contributed by atoms with E-state index in [0.29, 0.717) is 12.3 Å².